The molecule has 0 unspecified atom stereocenters. The van der Waals surface area contributed by atoms with Gasteiger partial charge in [-0.15, -0.1) is 0 Å². The zero-order chi connectivity index (χ0) is 10.6. The Bertz CT molecular complexity index is 319. The summed E-state index contributed by atoms with van der Waals surface area (Å²) in [6.07, 6.45) is 1.59. The molecule has 7 heteroatoms. The summed E-state index contributed by atoms with van der Waals surface area (Å²) in [6.45, 7) is 3.64. The van der Waals surface area contributed by atoms with Gasteiger partial charge in [-0.05, 0) is 19.4 Å². The highest BCUT2D eigenvalue weighted by Gasteiger charge is 2.04. The Labute approximate surface area is 81.0 Å². The number of amides is 2. The first-order valence-corrected chi connectivity index (χ1v) is 3.96. The topological polar surface area (TPSA) is 105 Å². The zero-order valence-electron chi connectivity index (χ0n) is 7.96. The van der Waals surface area contributed by atoms with Crippen LogP contribution in [0.1, 0.15) is 11.3 Å². The number of urea groups is 1. The van der Waals surface area contributed by atoms with Crippen LogP contribution < -0.4 is 22.1 Å². The zero-order valence-corrected chi connectivity index (χ0v) is 7.96. The van der Waals surface area contributed by atoms with Gasteiger partial charge in [-0.1, -0.05) is 0 Å². The van der Waals surface area contributed by atoms with E-state index in [4.69, 9.17) is 5.84 Å². The summed E-state index contributed by atoms with van der Waals surface area (Å²) in [5.41, 5.74) is 9.24. The van der Waals surface area contributed by atoms with Crippen molar-refractivity contribution in [1.29, 1.82) is 0 Å². The molecule has 0 fully saturated rings. The molecule has 0 spiro atoms. The molecule has 0 saturated heterocycles. The Morgan fingerprint density at radius 1 is 1.50 bits per heavy atom. The lowest BCUT2D eigenvalue weighted by Gasteiger charge is -2.11. The molecule has 1 heterocycles. The second-order valence-corrected chi connectivity index (χ2v) is 2.71. The van der Waals surface area contributed by atoms with Crippen molar-refractivity contribution in [3.05, 3.63) is 17.5 Å². The van der Waals surface area contributed by atoms with Crippen LogP contribution in [-0.2, 0) is 0 Å². The first-order valence-electron chi connectivity index (χ1n) is 3.96. The molecular formula is C7H12N6O. The van der Waals surface area contributed by atoms with Gasteiger partial charge in [0.1, 0.15) is 0 Å². The van der Waals surface area contributed by atoms with E-state index in [2.05, 4.69) is 21.0 Å². The van der Waals surface area contributed by atoms with Crippen LogP contribution in [-0.4, -0.2) is 16.2 Å². The standard InChI is InChI=1S/C7H12N6O/c1-4-3-9-11-5(2)6(4)12-13-7(14)10-8/h3H,8H2,1-2H3,(H,9,12)(H2,10,13,14). The number of carbonyl (C=O) groups is 1. The molecule has 7 nitrogen and oxygen atoms in total. The summed E-state index contributed by atoms with van der Waals surface area (Å²) >= 11 is 0. The van der Waals surface area contributed by atoms with E-state index in [1.54, 1.807) is 13.1 Å². The van der Waals surface area contributed by atoms with Crippen LogP contribution in [0.2, 0.25) is 0 Å². The molecule has 0 aliphatic rings. The van der Waals surface area contributed by atoms with Crippen molar-refractivity contribution in [3.63, 3.8) is 0 Å². The summed E-state index contributed by atoms with van der Waals surface area (Å²) in [4.78, 5) is 10.8. The lowest BCUT2D eigenvalue weighted by atomic mass is 10.2. The molecule has 2 amide bonds. The molecule has 0 atom stereocenters. The van der Waals surface area contributed by atoms with Crippen molar-refractivity contribution in [1.82, 2.24) is 21.0 Å². The summed E-state index contributed by atoms with van der Waals surface area (Å²) in [5, 5.41) is 7.58. The number of anilines is 1. The minimum atomic E-state index is -0.527. The SMILES string of the molecule is Cc1cnnc(C)c1NNC(=O)NN. The molecule has 0 bridgehead atoms. The monoisotopic (exact) mass is 196 g/mol. The lowest BCUT2D eigenvalue weighted by Crippen LogP contribution is -2.42. The number of rotatable bonds is 2. The van der Waals surface area contributed by atoms with Gasteiger partial charge in [0.2, 0.25) is 0 Å². The number of nitrogens with zero attached hydrogens (tertiary/aromatic N) is 2. The Kier molecular flexibility index (Phi) is 3.19. The molecular weight excluding hydrogens is 184 g/mol. The summed E-state index contributed by atoms with van der Waals surface area (Å²) in [5.74, 6) is 4.88. The number of aromatic nitrogens is 2. The highest BCUT2D eigenvalue weighted by Crippen LogP contribution is 2.14. The van der Waals surface area contributed by atoms with Crippen LogP contribution >= 0.6 is 0 Å². The van der Waals surface area contributed by atoms with Crippen LogP contribution in [0.15, 0.2) is 6.20 Å². The Morgan fingerprint density at radius 3 is 2.79 bits per heavy atom. The molecule has 0 aromatic carbocycles. The van der Waals surface area contributed by atoms with Crippen LogP contribution in [0.5, 0.6) is 0 Å². The number of hydrogen-bond donors (Lipinski definition) is 4. The van der Waals surface area contributed by atoms with Gasteiger partial charge in [0.25, 0.3) is 0 Å². The van der Waals surface area contributed by atoms with Gasteiger partial charge >= 0.3 is 6.03 Å². The fourth-order valence-electron chi connectivity index (χ4n) is 0.946. The van der Waals surface area contributed by atoms with Crippen molar-refractivity contribution in [2.45, 2.75) is 13.8 Å². The van der Waals surface area contributed by atoms with Crippen LogP contribution in [0.4, 0.5) is 10.5 Å². The molecule has 1 aromatic heterocycles. The smallest absolute Gasteiger partial charge is 0.295 e. The van der Waals surface area contributed by atoms with E-state index in [1.165, 1.54) is 0 Å². The van der Waals surface area contributed by atoms with Crippen LogP contribution in [0.25, 0.3) is 0 Å². The van der Waals surface area contributed by atoms with Crippen molar-refractivity contribution in [3.8, 4) is 0 Å². The molecule has 0 radical (unpaired) electrons. The average Bonchev–Trinajstić information content (AvgIpc) is 2.16. The molecule has 76 valence electrons. The minimum Gasteiger partial charge on any atom is -0.295 e. The summed E-state index contributed by atoms with van der Waals surface area (Å²) in [6, 6.07) is -0.527. The average molecular weight is 196 g/mol. The van der Waals surface area contributed by atoms with E-state index in [1.807, 2.05) is 12.3 Å². The fourth-order valence-corrected chi connectivity index (χ4v) is 0.946. The van der Waals surface area contributed by atoms with Gasteiger partial charge in [-0.2, -0.15) is 10.2 Å². The van der Waals surface area contributed by atoms with E-state index < -0.39 is 6.03 Å². The van der Waals surface area contributed by atoms with Crippen LogP contribution in [0, 0.1) is 13.8 Å². The van der Waals surface area contributed by atoms with Crippen molar-refractivity contribution >= 4 is 11.7 Å². The Balaban J connectivity index is 2.71. The molecule has 0 aliphatic carbocycles. The van der Waals surface area contributed by atoms with Crippen molar-refractivity contribution in [2.75, 3.05) is 5.43 Å². The van der Waals surface area contributed by atoms with Crippen molar-refractivity contribution < 1.29 is 4.79 Å². The van der Waals surface area contributed by atoms with E-state index in [9.17, 15) is 4.79 Å². The highest BCUT2D eigenvalue weighted by molar-refractivity contribution is 5.75. The second kappa shape index (κ2) is 4.38. The number of nitrogens with one attached hydrogen (secondary N) is 3. The third kappa shape index (κ3) is 2.30. The van der Waals surface area contributed by atoms with Gasteiger partial charge in [0, 0.05) is 0 Å². The first kappa shape index (κ1) is 10.2. The predicted octanol–water partition coefficient (Wildman–Crippen LogP) is -0.407. The lowest BCUT2D eigenvalue weighted by molar-refractivity contribution is 0.243. The predicted molar refractivity (Wildman–Crippen MR) is 51.0 cm³/mol. The molecule has 5 N–H and O–H groups in total. The molecule has 1 aromatic rings. The maximum absolute atomic E-state index is 10.8. The van der Waals surface area contributed by atoms with Crippen LogP contribution in [0.3, 0.4) is 0 Å². The summed E-state index contributed by atoms with van der Waals surface area (Å²) < 4.78 is 0. The number of hydrazine groups is 2. The summed E-state index contributed by atoms with van der Waals surface area (Å²) in [7, 11) is 0. The van der Waals surface area contributed by atoms with Crippen molar-refractivity contribution in [2.24, 2.45) is 5.84 Å². The number of hydrogen-bond acceptors (Lipinski definition) is 5. The van der Waals surface area contributed by atoms with Gasteiger partial charge < -0.3 is 0 Å². The maximum atomic E-state index is 10.8. The van der Waals surface area contributed by atoms with Gasteiger partial charge in [-0.25, -0.2) is 10.6 Å². The van der Waals surface area contributed by atoms with Gasteiger partial charge in [0.05, 0.1) is 17.6 Å². The molecule has 1 rings (SSSR count). The second-order valence-electron chi connectivity index (χ2n) is 2.71. The van der Waals surface area contributed by atoms with E-state index in [0.29, 0.717) is 11.4 Å². The normalized spacial score (nSPS) is 9.36. The van der Waals surface area contributed by atoms with Gasteiger partial charge in [0.15, 0.2) is 0 Å². The minimum absolute atomic E-state index is 0.527. The third-order valence-corrected chi connectivity index (χ3v) is 1.65. The van der Waals surface area contributed by atoms with E-state index in [0.717, 1.165) is 5.56 Å². The quantitative estimate of drug-likeness (QED) is 0.292. The largest absolute Gasteiger partial charge is 0.347 e. The Hall–Kier alpha value is -1.89. The van der Waals surface area contributed by atoms with Gasteiger partial charge in [-0.3, -0.25) is 16.3 Å². The number of carbonyl (C=O) groups excluding carboxylic acids is 1. The van der Waals surface area contributed by atoms with E-state index >= 15 is 0 Å². The highest BCUT2D eigenvalue weighted by atomic mass is 16.2. The molecule has 0 aliphatic heterocycles. The van der Waals surface area contributed by atoms with E-state index in [-0.39, 0.29) is 0 Å². The first-order chi connectivity index (χ1) is 6.65. The number of nitrogens with two attached hydrogens (primary N) is 1. The molecule has 0 saturated carbocycles. The molecule has 14 heavy (non-hydrogen) atoms. The Morgan fingerprint density at radius 2 is 2.21 bits per heavy atom. The third-order valence-electron chi connectivity index (χ3n) is 1.65. The maximum Gasteiger partial charge on any atom is 0.347 e. The number of aryl methyl sites for hydroxylation is 2. The fraction of sp³-hybridized carbons (Fsp3) is 0.286.